The number of nitrogens with zero attached hydrogens (tertiary/aromatic N) is 3. The zero-order valence-electron chi connectivity index (χ0n) is 22.3. The molecule has 0 bridgehead atoms. The number of nitrogen functional groups attached to an aromatic ring is 1. The fraction of sp³-hybridized carbons (Fsp3) is 0.129. The number of imidazole rings is 1. The van der Waals surface area contributed by atoms with Crippen LogP contribution in [0.4, 0.5) is 5.82 Å². The Kier molecular flexibility index (Phi) is 7.60. The lowest BCUT2D eigenvalue weighted by molar-refractivity contribution is -0.513. The lowest BCUT2D eigenvalue weighted by Crippen LogP contribution is -2.34. The van der Waals surface area contributed by atoms with Gasteiger partial charge in [0.05, 0.1) is 17.6 Å². The van der Waals surface area contributed by atoms with Crippen molar-refractivity contribution in [2.45, 2.75) is 19.4 Å². The summed E-state index contributed by atoms with van der Waals surface area (Å²) < 4.78 is 3.26. The second-order valence-electron chi connectivity index (χ2n) is 9.28. The predicted octanol–water partition coefficient (Wildman–Crippen LogP) is 2.57. The molecular formula is C31H28N7O3+. The second-order valence-corrected chi connectivity index (χ2v) is 9.28. The number of pyridine rings is 1. The topological polar surface area (TPSA) is 139 Å². The maximum Gasteiger partial charge on any atom is 0.264 e. The van der Waals surface area contributed by atoms with Gasteiger partial charge in [-0.15, -0.1) is 0 Å². The largest absolute Gasteiger partial charge is 0.369 e. The minimum Gasteiger partial charge on any atom is -0.369 e. The number of hydrogen-bond donors (Lipinski definition) is 4. The summed E-state index contributed by atoms with van der Waals surface area (Å²) in [6, 6.07) is 16.0. The van der Waals surface area contributed by atoms with E-state index in [0.29, 0.717) is 46.3 Å². The summed E-state index contributed by atoms with van der Waals surface area (Å²) in [7, 11) is 0. The minimum atomic E-state index is -0.586. The first-order chi connectivity index (χ1) is 19.9. The van der Waals surface area contributed by atoms with Gasteiger partial charge in [-0.1, -0.05) is 53.7 Å². The van der Waals surface area contributed by atoms with E-state index in [2.05, 4.69) is 39.0 Å². The van der Waals surface area contributed by atoms with Gasteiger partial charge in [0.25, 0.3) is 11.5 Å². The molecule has 2 aromatic carbocycles. The van der Waals surface area contributed by atoms with Gasteiger partial charge in [-0.2, -0.15) is 0 Å². The third-order valence-corrected chi connectivity index (χ3v) is 6.59. The number of aromatic nitrogens is 4. The van der Waals surface area contributed by atoms with E-state index in [1.807, 2.05) is 55.5 Å². The summed E-state index contributed by atoms with van der Waals surface area (Å²) in [5, 5.41) is 6.82. The van der Waals surface area contributed by atoms with Crippen LogP contribution < -0.4 is 26.3 Å². The molecular weight excluding hydrogens is 518 g/mol. The first-order valence-corrected chi connectivity index (χ1v) is 13.0. The molecule has 0 spiro atoms. The van der Waals surface area contributed by atoms with Crippen LogP contribution >= 0.6 is 0 Å². The number of benzene rings is 2. The van der Waals surface area contributed by atoms with Crippen LogP contribution in [0.2, 0.25) is 0 Å². The highest BCUT2D eigenvalue weighted by Gasteiger charge is 2.25. The van der Waals surface area contributed by atoms with Crippen molar-refractivity contribution in [3.63, 3.8) is 0 Å². The molecule has 0 aliphatic rings. The van der Waals surface area contributed by atoms with Crippen molar-refractivity contribution in [3.8, 4) is 17.5 Å². The normalized spacial score (nSPS) is 11.4. The van der Waals surface area contributed by atoms with E-state index in [4.69, 9.17) is 5.73 Å². The lowest BCUT2D eigenvalue weighted by Gasteiger charge is -2.21. The maximum absolute atomic E-state index is 14.1. The third kappa shape index (κ3) is 5.42. The zero-order chi connectivity index (χ0) is 28.9. The van der Waals surface area contributed by atoms with Crippen molar-refractivity contribution in [2.24, 2.45) is 0 Å². The molecule has 0 aliphatic heterocycles. The molecule has 0 saturated carbocycles. The summed E-state index contributed by atoms with van der Waals surface area (Å²) in [5.74, 6) is 5.51. The standard InChI is InChI=1S/C31H27N7O3/c1-3-25(39)33-15-8-7-10-21-11-9-12-22-18-24(38(31(41)26(21)22)23-13-5-4-6-14-23)20(2)36-30(40)27-28(32)35-19-37-17-16-34-29(27)37/h3-6,9,11-14,16-20H,1,8,15H2,2H3,(H4,32,33,34,36,39,40)/p+1. The van der Waals surface area contributed by atoms with Gasteiger partial charge in [-0.3, -0.25) is 23.9 Å². The molecule has 0 radical (unpaired) electrons. The Hall–Kier alpha value is -5.69. The number of carbonyl (C=O) groups excluding carboxylic acids is 2. The first kappa shape index (κ1) is 26.9. The molecule has 0 fully saturated rings. The number of anilines is 1. The zero-order valence-corrected chi connectivity index (χ0v) is 22.3. The average Bonchev–Trinajstić information content (AvgIpc) is 3.45. The maximum atomic E-state index is 14.1. The number of aromatic amines is 1. The number of para-hydroxylation sites is 1. The van der Waals surface area contributed by atoms with Crippen LogP contribution in [-0.2, 0) is 4.79 Å². The molecule has 1 atom stereocenters. The smallest absolute Gasteiger partial charge is 0.264 e. The Bertz CT molecular complexity index is 1910. The summed E-state index contributed by atoms with van der Waals surface area (Å²) >= 11 is 0. The lowest BCUT2D eigenvalue weighted by atomic mass is 10.0. The quantitative estimate of drug-likeness (QED) is 0.108. The highest BCUT2D eigenvalue weighted by molar-refractivity contribution is 6.03. The monoisotopic (exact) mass is 546 g/mol. The van der Waals surface area contributed by atoms with Crippen molar-refractivity contribution in [3.05, 3.63) is 113 Å². The Labute approximate surface area is 235 Å². The Morgan fingerprint density at radius 2 is 2.02 bits per heavy atom. The van der Waals surface area contributed by atoms with Gasteiger partial charge in [-0.25, -0.2) is 4.40 Å². The van der Waals surface area contributed by atoms with Crippen molar-refractivity contribution >= 4 is 34.1 Å². The van der Waals surface area contributed by atoms with Gasteiger partial charge < -0.3 is 16.4 Å². The number of H-pyrrole nitrogens is 1. The molecule has 3 heterocycles. The predicted molar refractivity (Wildman–Crippen MR) is 156 cm³/mol. The number of rotatable bonds is 7. The van der Waals surface area contributed by atoms with Crippen LogP contribution in [0.5, 0.6) is 0 Å². The molecule has 1 unspecified atom stereocenters. The van der Waals surface area contributed by atoms with Crippen LogP contribution in [0, 0.1) is 11.8 Å². The molecule has 0 saturated heterocycles. The minimum absolute atomic E-state index is 0.0865. The van der Waals surface area contributed by atoms with Gasteiger partial charge in [0.15, 0.2) is 5.56 Å². The van der Waals surface area contributed by atoms with E-state index in [0.717, 1.165) is 0 Å². The molecule has 5 aromatic rings. The summed E-state index contributed by atoms with van der Waals surface area (Å²) in [6.07, 6.45) is 6.56. The fourth-order valence-electron chi connectivity index (χ4n) is 4.65. The van der Waals surface area contributed by atoms with Gasteiger partial charge in [0.1, 0.15) is 6.20 Å². The molecule has 10 nitrogen and oxygen atoms in total. The van der Waals surface area contributed by atoms with Crippen molar-refractivity contribution in [1.82, 2.24) is 25.2 Å². The summed E-state index contributed by atoms with van der Waals surface area (Å²) in [6.45, 7) is 5.61. The van der Waals surface area contributed by atoms with Crippen molar-refractivity contribution < 1.29 is 14.0 Å². The third-order valence-electron chi connectivity index (χ3n) is 6.59. The fourth-order valence-corrected chi connectivity index (χ4v) is 4.65. The number of hydrogen-bond acceptors (Lipinski definition) is 5. The van der Waals surface area contributed by atoms with E-state index in [-0.39, 0.29) is 22.8 Å². The van der Waals surface area contributed by atoms with Crippen LogP contribution in [0.1, 0.15) is 41.0 Å². The Balaban J connectivity index is 1.56. The molecule has 0 aliphatic carbocycles. The number of carbonyl (C=O) groups is 2. The van der Waals surface area contributed by atoms with Crippen molar-refractivity contribution in [1.29, 1.82) is 0 Å². The Morgan fingerprint density at radius 1 is 1.22 bits per heavy atom. The summed E-state index contributed by atoms with van der Waals surface area (Å²) in [5.41, 5.74) is 8.33. The van der Waals surface area contributed by atoms with Crippen LogP contribution in [-0.4, -0.2) is 32.9 Å². The second kappa shape index (κ2) is 11.6. The SMILES string of the molecule is C=CC(=O)NCCC#Cc1cccc2cc(C(C)NC(=O)c3c(N)nc[n+]4cc[nH]c34)n(-c3ccccc3)c(=O)c12. The highest BCUT2D eigenvalue weighted by atomic mass is 16.2. The van der Waals surface area contributed by atoms with Gasteiger partial charge in [0.2, 0.25) is 23.7 Å². The average molecular weight is 547 g/mol. The number of amides is 2. The molecule has 41 heavy (non-hydrogen) atoms. The first-order valence-electron chi connectivity index (χ1n) is 13.0. The molecule has 10 heteroatoms. The molecule has 5 rings (SSSR count). The number of nitrogens with one attached hydrogen (secondary N) is 3. The molecule has 5 N–H and O–H groups in total. The van der Waals surface area contributed by atoms with Crippen LogP contribution in [0.15, 0.2) is 90.8 Å². The molecule has 2 amide bonds. The molecule has 3 aromatic heterocycles. The van der Waals surface area contributed by atoms with Crippen LogP contribution in [0.25, 0.3) is 22.1 Å². The van der Waals surface area contributed by atoms with E-state index in [9.17, 15) is 14.4 Å². The van der Waals surface area contributed by atoms with E-state index < -0.39 is 11.9 Å². The van der Waals surface area contributed by atoms with E-state index in [1.165, 1.54) is 12.4 Å². The van der Waals surface area contributed by atoms with E-state index >= 15 is 0 Å². The number of nitrogens with two attached hydrogens (primary N) is 1. The van der Waals surface area contributed by atoms with Crippen molar-refractivity contribution in [2.75, 3.05) is 12.3 Å². The number of fused-ring (bicyclic) bond motifs is 2. The summed E-state index contributed by atoms with van der Waals surface area (Å²) in [4.78, 5) is 46.1. The van der Waals surface area contributed by atoms with Gasteiger partial charge in [0, 0.05) is 29.9 Å². The van der Waals surface area contributed by atoms with Gasteiger partial charge in [-0.05, 0) is 42.7 Å². The highest BCUT2D eigenvalue weighted by Crippen LogP contribution is 2.24. The Morgan fingerprint density at radius 3 is 2.80 bits per heavy atom. The van der Waals surface area contributed by atoms with Gasteiger partial charge >= 0.3 is 0 Å². The van der Waals surface area contributed by atoms with Crippen LogP contribution in [0.3, 0.4) is 0 Å². The molecule has 204 valence electrons. The van der Waals surface area contributed by atoms with E-state index in [1.54, 1.807) is 27.4 Å².